The summed E-state index contributed by atoms with van der Waals surface area (Å²) in [6.45, 7) is 4.99. The van der Waals surface area contributed by atoms with Crippen LogP contribution in [0.2, 0.25) is 0 Å². The van der Waals surface area contributed by atoms with Gasteiger partial charge in [0, 0.05) is 0 Å². The molecule has 17 heavy (non-hydrogen) atoms. The van der Waals surface area contributed by atoms with Crippen molar-refractivity contribution < 1.29 is 4.74 Å². The number of thiophene rings is 1. The molecular weight excluding hydrogens is 433 g/mol. The van der Waals surface area contributed by atoms with Crippen LogP contribution in [0, 0.1) is 0 Å². The molecule has 6 heteroatoms. The number of halogens is 2. The Kier molecular flexibility index (Phi) is 4.12. The standard InChI is InChI=1S/C11H11Br2NOSSe/c12-9-5-7-11(16-9)10(13)8(17-7)6-14-1-3-15-4-2-14/h5H,1-4,6H2. The van der Waals surface area contributed by atoms with E-state index in [1.165, 1.54) is 17.2 Å². The van der Waals surface area contributed by atoms with Crippen molar-refractivity contribution >= 4 is 66.7 Å². The summed E-state index contributed by atoms with van der Waals surface area (Å²) in [7, 11) is 0. The van der Waals surface area contributed by atoms with Crippen LogP contribution < -0.4 is 0 Å². The first-order valence-electron chi connectivity index (χ1n) is 5.40. The zero-order valence-electron chi connectivity index (χ0n) is 9.04. The van der Waals surface area contributed by atoms with Crippen molar-refractivity contribution in [2.75, 3.05) is 26.3 Å². The SMILES string of the molecule is Brc1cc2[se]c(CN3CCOCC3)c(Br)c2s1. The summed E-state index contributed by atoms with van der Waals surface area (Å²) in [4.78, 5) is 2.49. The first-order valence-corrected chi connectivity index (χ1v) is 9.52. The van der Waals surface area contributed by atoms with Crippen molar-refractivity contribution in [3.05, 3.63) is 18.8 Å². The molecule has 2 aromatic heterocycles. The van der Waals surface area contributed by atoms with E-state index in [0.29, 0.717) is 14.5 Å². The molecule has 1 fully saturated rings. The second-order valence-electron chi connectivity index (χ2n) is 3.97. The Hall–Kier alpha value is 0.839. The summed E-state index contributed by atoms with van der Waals surface area (Å²) < 4.78 is 12.5. The normalized spacial score (nSPS) is 18.0. The number of hydrogen-bond acceptors (Lipinski definition) is 3. The third kappa shape index (κ3) is 2.73. The van der Waals surface area contributed by atoms with Crippen molar-refractivity contribution in [2.45, 2.75) is 6.54 Å². The van der Waals surface area contributed by atoms with E-state index in [9.17, 15) is 0 Å². The zero-order chi connectivity index (χ0) is 11.8. The second kappa shape index (κ2) is 5.45. The molecule has 3 rings (SSSR count). The van der Waals surface area contributed by atoms with Gasteiger partial charge in [0.25, 0.3) is 0 Å². The van der Waals surface area contributed by atoms with Crippen LogP contribution in [-0.4, -0.2) is 45.7 Å². The predicted octanol–water partition coefficient (Wildman–Crippen LogP) is 3.32. The van der Waals surface area contributed by atoms with Crippen LogP contribution in [0.4, 0.5) is 0 Å². The molecule has 2 aromatic rings. The van der Waals surface area contributed by atoms with E-state index in [-0.39, 0.29) is 0 Å². The fourth-order valence-corrected chi connectivity index (χ4v) is 8.09. The number of hydrogen-bond donors (Lipinski definition) is 0. The Labute approximate surface area is 127 Å². The van der Waals surface area contributed by atoms with Gasteiger partial charge in [-0.05, 0) is 0 Å². The summed E-state index contributed by atoms with van der Waals surface area (Å²) in [5, 5.41) is 0. The van der Waals surface area contributed by atoms with E-state index in [1.807, 2.05) is 11.3 Å². The third-order valence-corrected chi connectivity index (χ3v) is 8.84. The monoisotopic (exact) mass is 443 g/mol. The Balaban J connectivity index is 1.84. The number of rotatable bonds is 2. The van der Waals surface area contributed by atoms with Gasteiger partial charge in [0.15, 0.2) is 0 Å². The summed E-state index contributed by atoms with van der Waals surface area (Å²) in [5.41, 5.74) is 0. The van der Waals surface area contributed by atoms with Gasteiger partial charge in [-0.2, -0.15) is 0 Å². The topological polar surface area (TPSA) is 12.5 Å². The molecule has 3 heterocycles. The molecular formula is C11H11Br2NOSSe. The Morgan fingerprint density at radius 2 is 2.12 bits per heavy atom. The molecule has 1 saturated heterocycles. The summed E-state index contributed by atoms with van der Waals surface area (Å²) >= 11 is 9.66. The molecule has 0 aliphatic carbocycles. The van der Waals surface area contributed by atoms with Gasteiger partial charge in [0.2, 0.25) is 0 Å². The molecule has 0 saturated carbocycles. The van der Waals surface area contributed by atoms with Crippen molar-refractivity contribution in [2.24, 2.45) is 0 Å². The van der Waals surface area contributed by atoms with Gasteiger partial charge in [-0.3, -0.25) is 0 Å². The maximum atomic E-state index is 5.39. The summed E-state index contributed by atoms with van der Waals surface area (Å²) in [6.07, 6.45) is 0. The summed E-state index contributed by atoms with van der Waals surface area (Å²) in [6, 6.07) is 2.27. The first kappa shape index (κ1) is 12.9. The van der Waals surface area contributed by atoms with E-state index >= 15 is 0 Å². The molecule has 0 bridgehead atoms. The van der Waals surface area contributed by atoms with Crippen LogP contribution in [0.15, 0.2) is 14.3 Å². The van der Waals surface area contributed by atoms with Crippen LogP contribution in [0.1, 0.15) is 4.44 Å². The Bertz CT molecular complexity index is 533. The minimum absolute atomic E-state index is 0.495. The maximum absolute atomic E-state index is 5.39. The third-order valence-electron chi connectivity index (χ3n) is 2.82. The van der Waals surface area contributed by atoms with E-state index in [0.717, 1.165) is 32.8 Å². The number of fused-ring (bicyclic) bond motifs is 1. The molecule has 0 amide bonds. The van der Waals surface area contributed by atoms with Crippen molar-refractivity contribution in [1.29, 1.82) is 0 Å². The molecule has 0 radical (unpaired) electrons. The molecule has 0 spiro atoms. The molecule has 1 aliphatic rings. The van der Waals surface area contributed by atoms with Crippen molar-refractivity contribution in [3.63, 3.8) is 0 Å². The fraction of sp³-hybridized carbons (Fsp3) is 0.455. The van der Waals surface area contributed by atoms with E-state index < -0.39 is 0 Å². The van der Waals surface area contributed by atoms with Gasteiger partial charge >= 0.3 is 128 Å². The molecule has 0 atom stereocenters. The Morgan fingerprint density at radius 3 is 2.82 bits per heavy atom. The average molecular weight is 444 g/mol. The van der Waals surface area contributed by atoms with Gasteiger partial charge < -0.3 is 0 Å². The minimum atomic E-state index is 0.495. The van der Waals surface area contributed by atoms with E-state index in [4.69, 9.17) is 4.74 Å². The Morgan fingerprint density at radius 1 is 1.35 bits per heavy atom. The number of morpholine rings is 1. The number of ether oxygens (including phenoxy) is 1. The van der Waals surface area contributed by atoms with Gasteiger partial charge in [0.1, 0.15) is 0 Å². The van der Waals surface area contributed by atoms with E-state index in [1.54, 1.807) is 4.44 Å². The van der Waals surface area contributed by atoms with Crippen molar-refractivity contribution in [1.82, 2.24) is 4.90 Å². The molecule has 2 nitrogen and oxygen atoms in total. The van der Waals surface area contributed by atoms with Gasteiger partial charge in [0.05, 0.1) is 0 Å². The van der Waals surface area contributed by atoms with Crippen LogP contribution in [0.5, 0.6) is 0 Å². The van der Waals surface area contributed by atoms with Gasteiger partial charge in [-0.15, -0.1) is 0 Å². The molecule has 0 aromatic carbocycles. The van der Waals surface area contributed by atoms with Crippen molar-refractivity contribution in [3.8, 4) is 0 Å². The summed E-state index contributed by atoms with van der Waals surface area (Å²) in [5.74, 6) is 0. The van der Waals surface area contributed by atoms with Crippen LogP contribution in [0.3, 0.4) is 0 Å². The quantitative estimate of drug-likeness (QED) is 0.660. The average Bonchev–Trinajstić information content (AvgIpc) is 2.81. The van der Waals surface area contributed by atoms with Crippen LogP contribution in [-0.2, 0) is 11.3 Å². The van der Waals surface area contributed by atoms with Gasteiger partial charge in [-0.25, -0.2) is 0 Å². The van der Waals surface area contributed by atoms with Crippen LogP contribution >= 0.6 is 43.2 Å². The zero-order valence-corrected chi connectivity index (χ0v) is 14.7. The molecule has 0 N–H and O–H groups in total. The number of nitrogens with zero attached hydrogens (tertiary/aromatic N) is 1. The molecule has 0 unspecified atom stereocenters. The van der Waals surface area contributed by atoms with Gasteiger partial charge in [-0.1, -0.05) is 0 Å². The predicted molar refractivity (Wildman–Crippen MR) is 80.3 cm³/mol. The second-order valence-corrected chi connectivity index (χ2v) is 9.58. The van der Waals surface area contributed by atoms with Crippen LogP contribution in [0.25, 0.3) is 8.96 Å². The first-order chi connectivity index (χ1) is 8.24. The molecule has 1 aliphatic heterocycles. The fourth-order valence-electron chi connectivity index (χ4n) is 1.94. The molecule has 92 valence electrons. The van der Waals surface area contributed by atoms with E-state index in [2.05, 4.69) is 42.8 Å².